The van der Waals surface area contributed by atoms with Gasteiger partial charge in [-0.25, -0.2) is 8.78 Å². The molecule has 1 heterocycles. The molecule has 0 N–H and O–H groups in total. The van der Waals surface area contributed by atoms with Gasteiger partial charge >= 0.3 is 0 Å². The predicted octanol–water partition coefficient (Wildman–Crippen LogP) is 2.27. The minimum atomic E-state index is -2.40. The third kappa shape index (κ3) is 1.60. The molecule has 2 aliphatic rings. The highest BCUT2D eigenvalue weighted by Crippen LogP contribution is 2.32. The fourth-order valence-electron chi connectivity index (χ4n) is 2.34. The molecule has 0 aromatic rings. The summed E-state index contributed by atoms with van der Waals surface area (Å²) >= 11 is 0. The summed E-state index contributed by atoms with van der Waals surface area (Å²) in [7, 11) is 0. The minimum Gasteiger partial charge on any atom is -0.294 e. The number of hydrogen-bond donors (Lipinski definition) is 0. The summed E-state index contributed by atoms with van der Waals surface area (Å²) in [4.78, 5) is 1.98. The molecule has 12 heavy (non-hydrogen) atoms. The van der Waals surface area contributed by atoms with Crippen LogP contribution in [0.5, 0.6) is 0 Å². The summed E-state index contributed by atoms with van der Waals surface area (Å²) < 4.78 is 25.6. The Hall–Kier alpha value is -0.180. The SMILES string of the molecule is FC1(F)CCN(C2CCCC2)C1. The van der Waals surface area contributed by atoms with Crippen LogP contribution in [0.25, 0.3) is 0 Å². The maximum absolute atomic E-state index is 12.8. The summed E-state index contributed by atoms with van der Waals surface area (Å²) in [6.07, 6.45) is 4.80. The second kappa shape index (κ2) is 2.95. The molecule has 0 aromatic heterocycles. The van der Waals surface area contributed by atoms with Crippen molar-refractivity contribution in [1.82, 2.24) is 4.90 Å². The molecule has 3 heteroatoms. The Labute approximate surface area is 71.7 Å². The first-order valence-electron chi connectivity index (χ1n) is 4.79. The first-order chi connectivity index (χ1) is 5.67. The molecule has 0 radical (unpaired) electrons. The van der Waals surface area contributed by atoms with Crippen LogP contribution in [0.15, 0.2) is 0 Å². The van der Waals surface area contributed by atoms with Gasteiger partial charge in [0.15, 0.2) is 0 Å². The smallest absolute Gasteiger partial charge is 0.261 e. The molecule has 70 valence electrons. The molecular formula is C9H15F2N. The minimum absolute atomic E-state index is 0.0116. The predicted molar refractivity (Wildman–Crippen MR) is 43.4 cm³/mol. The van der Waals surface area contributed by atoms with E-state index in [9.17, 15) is 8.78 Å². The van der Waals surface area contributed by atoms with Crippen LogP contribution in [-0.2, 0) is 0 Å². The molecule has 1 aliphatic carbocycles. The van der Waals surface area contributed by atoms with E-state index in [1.54, 1.807) is 0 Å². The average Bonchev–Trinajstić information content (AvgIpc) is 2.55. The van der Waals surface area contributed by atoms with Gasteiger partial charge in [0.1, 0.15) is 0 Å². The fraction of sp³-hybridized carbons (Fsp3) is 1.00. The Kier molecular flexibility index (Phi) is 2.07. The Morgan fingerprint density at radius 2 is 1.83 bits per heavy atom. The molecular weight excluding hydrogens is 160 g/mol. The summed E-state index contributed by atoms with van der Waals surface area (Å²) in [5.41, 5.74) is 0. The van der Waals surface area contributed by atoms with Crippen molar-refractivity contribution in [1.29, 1.82) is 0 Å². The number of rotatable bonds is 1. The van der Waals surface area contributed by atoms with E-state index >= 15 is 0 Å². The van der Waals surface area contributed by atoms with Crippen LogP contribution in [0.3, 0.4) is 0 Å². The summed E-state index contributed by atoms with van der Waals surface area (Å²) in [6.45, 7) is 0.620. The zero-order valence-electron chi connectivity index (χ0n) is 7.23. The van der Waals surface area contributed by atoms with Gasteiger partial charge in [-0.15, -0.1) is 0 Å². The third-order valence-corrected chi connectivity index (χ3v) is 3.04. The number of hydrogen-bond acceptors (Lipinski definition) is 1. The van der Waals surface area contributed by atoms with Crippen LogP contribution in [-0.4, -0.2) is 30.0 Å². The highest BCUT2D eigenvalue weighted by Gasteiger charge is 2.41. The van der Waals surface area contributed by atoms with Crippen molar-refractivity contribution < 1.29 is 8.78 Å². The molecule has 0 bridgehead atoms. The molecule has 1 nitrogen and oxygen atoms in total. The Bertz CT molecular complexity index is 164. The van der Waals surface area contributed by atoms with E-state index in [2.05, 4.69) is 0 Å². The van der Waals surface area contributed by atoms with Crippen LogP contribution in [0.1, 0.15) is 32.1 Å². The van der Waals surface area contributed by atoms with Gasteiger partial charge in [-0.2, -0.15) is 0 Å². The monoisotopic (exact) mass is 175 g/mol. The number of nitrogens with zero attached hydrogens (tertiary/aromatic N) is 1. The Morgan fingerprint density at radius 3 is 2.33 bits per heavy atom. The van der Waals surface area contributed by atoms with E-state index in [0.717, 1.165) is 12.8 Å². The van der Waals surface area contributed by atoms with Crippen LogP contribution >= 0.6 is 0 Å². The maximum Gasteiger partial charge on any atom is 0.261 e. The molecule has 0 aromatic carbocycles. The highest BCUT2D eigenvalue weighted by atomic mass is 19.3. The molecule has 0 unspecified atom stereocenters. The van der Waals surface area contributed by atoms with Gasteiger partial charge < -0.3 is 0 Å². The Morgan fingerprint density at radius 1 is 1.17 bits per heavy atom. The van der Waals surface area contributed by atoms with Gasteiger partial charge in [-0.05, 0) is 12.8 Å². The van der Waals surface area contributed by atoms with Crippen molar-refractivity contribution in [3.8, 4) is 0 Å². The molecule has 1 saturated heterocycles. The molecule has 1 aliphatic heterocycles. The second-order valence-corrected chi connectivity index (χ2v) is 4.01. The van der Waals surface area contributed by atoms with Gasteiger partial charge in [-0.3, -0.25) is 4.90 Å². The van der Waals surface area contributed by atoms with Crippen molar-refractivity contribution in [2.45, 2.75) is 44.1 Å². The summed E-state index contributed by atoms with van der Waals surface area (Å²) in [6, 6.07) is 0.471. The van der Waals surface area contributed by atoms with Crippen LogP contribution < -0.4 is 0 Å². The normalized spacial score (nSPS) is 31.5. The second-order valence-electron chi connectivity index (χ2n) is 4.01. The molecule has 0 atom stereocenters. The molecule has 2 fully saturated rings. The summed E-state index contributed by atoms with van der Waals surface area (Å²) in [5.74, 6) is -2.40. The zero-order chi connectivity index (χ0) is 8.60. The van der Waals surface area contributed by atoms with E-state index in [4.69, 9.17) is 0 Å². The van der Waals surface area contributed by atoms with Gasteiger partial charge in [0.25, 0.3) is 5.92 Å². The number of alkyl halides is 2. The van der Waals surface area contributed by atoms with Crippen molar-refractivity contribution in [3.63, 3.8) is 0 Å². The number of likely N-dealkylation sites (tertiary alicyclic amines) is 1. The molecule has 0 amide bonds. The van der Waals surface area contributed by atoms with E-state index < -0.39 is 5.92 Å². The lowest BCUT2D eigenvalue weighted by Crippen LogP contribution is -2.33. The van der Waals surface area contributed by atoms with Crippen molar-refractivity contribution in [2.24, 2.45) is 0 Å². The van der Waals surface area contributed by atoms with Crippen molar-refractivity contribution in [3.05, 3.63) is 0 Å². The summed E-state index contributed by atoms with van der Waals surface area (Å²) in [5, 5.41) is 0. The first kappa shape index (κ1) is 8.42. The van der Waals surface area contributed by atoms with Gasteiger partial charge in [0.05, 0.1) is 6.54 Å². The first-order valence-corrected chi connectivity index (χ1v) is 4.79. The fourth-order valence-corrected chi connectivity index (χ4v) is 2.34. The number of halogens is 2. The molecule has 1 saturated carbocycles. The molecule has 0 spiro atoms. The van der Waals surface area contributed by atoms with E-state index in [1.807, 2.05) is 4.90 Å². The van der Waals surface area contributed by atoms with Crippen LogP contribution in [0.4, 0.5) is 8.78 Å². The van der Waals surface area contributed by atoms with Crippen LogP contribution in [0.2, 0.25) is 0 Å². The highest BCUT2D eigenvalue weighted by molar-refractivity contribution is 4.87. The largest absolute Gasteiger partial charge is 0.294 e. The maximum atomic E-state index is 12.8. The third-order valence-electron chi connectivity index (χ3n) is 3.04. The Balaban J connectivity index is 1.90. The lowest BCUT2D eigenvalue weighted by atomic mass is 10.2. The van der Waals surface area contributed by atoms with E-state index in [-0.39, 0.29) is 13.0 Å². The van der Waals surface area contributed by atoms with Gasteiger partial charge in [0.2, 0.25) is 0 Å². The lowest BCUT2D eigenvalue weighted by Gasteiger charge is -2.22. The quantitative estimate of drug-likeness (QED) is 0.591. The van der Waals surface area contributed by atoms with Gasteiger partial charge in [-0.1, -0.05) is 12.8 Å². The van der Waals surface area contributed by atoms with Crippen molar-refractivity contribution >= 4 is 0 Å². The van der Waals surface area contributed by atoms with Crippen molar-refractivity contribution in [2.75, 3.05) is 13.1 Å². The topological polar surface area (TPSA) is 3.24 Å². The van der Waals surface area contributed by atoms with Gasteiger partial charge in [0, 0.05) is 19.0 Å². The standard InChI is InChI=1S/C9H15F2N/c10-9(11)5-6-12(7-9)8-3-1-2-4-8/h8H,1-7H2. The zero-order valence-corrected chi connectivity index (χ0v) is 7.23. The lowest BCUT2D eigenvalue weighted by molar-refractivity contribution is 0.00791. The molecule has 2 rings (SSSR count). The van der Waals surface area contributed by atoms with E-state index in [0.29, 0.717) is 12.6 Å². The van der Waals surface area contributed by atoms with Crippen LogP contribution in [0, 0.1) is 0 Å². The average molecular weight is 175 g/mol. The van der Waals surface area contributed by atoms with E-state index in [1.165, 1.54) is 12.8 Å².